The SMILES string of the molecule is CC1CCCC(NC(=O)C(=CN)C(Cl)=Nc2cccc(Cl)c2F)c2cc(ccn2)C(C)(c2ccccc2)CNC1=O. The highest BCUT2D eigenvalue weighted by molar-refractivity contribution is 6.72. The molecular weight excluding hydrogens is 564 g/mol. The molecule has 41 heavy (non-hydrogen) atoms. The number of amides is 2. The molecule has 2 amide bonds. The summed E-state index contributed by atoms with van der Waals surface area (Å²) in [4.78, 5) is 35.0. The van der Waals surface area contributed by atoms with Gasteiger partial charge in [0.25, 0.3) is 5.91 Å². The molecule has 0 saturated heterocycles. The van der Waals surface area contributed by atoms with Crippen LogP contribution in [-0.4, -0.2) is 28.5 Å². The molecule has 0 radical (unpaired) electrons. The quantitative estimate of drug-likeness (QED) is 0.245. The van der Waals surface area contributed by atoms with Gasteiger partial charge in [0.2, 0.25) is 5.91 Å². The molecule has 4 N–H and O–H groups in total. The van der Waals surface area contributed by atoms with E-state index in [1.165, 1.54) is 18.2 Å². The molecule has 2 bridgehead atoms. The topological polar surface area (TPSA) is 109 Å². The lowest BCUT2D eigenvalue weighted by Gasteiger charge is -2.33. The van der Waals surface area contributed by atoms with Crippen LogP contribution >= 0.6 is 23.2 Å². The van der Waals surface area contributed by atoms with Crippen LogP contribution in [0, 0.1) is 11.7 Å². The Morgan fingerprint density at radius 2 is 1.93 bits per heavy atom. The zero-order chi connectivity index (χ0) is 29.6. The van der Waals surface area contributed by atoms with Gasteiger partial charge >= 0.3 is 0 Å². The van der Waals surface area contributed by atoms with Gasteiger partial charge in [0.15, 0.2) is 5.82 Å². The molecule has 0 fully saturated rings. The van der Waals surface area contributed by atoms with Crippen molar-refractivity contribution in [2.45, 2.75) is 44.6 Å². The maximum atomic E-state index is 14.4. The molecule has 1 aliphatic rings. The third kappa shape index (κ3) is 6.94. The van der Waals surface area contributed by atoms with Crippen molar-refractivity contribution < 1.29 is 14.0 Å². The van der Waals surface area contributed by atoms with Gasteiger partial charge in [-0.3, -0.25) is 14.6 Å². The van der Waals surface area contributed by atoms with Crippen molar-refractivity contribution in [1.29, 1.82) is 0 Å². The average molecular weight is 597 g/mol. The summed E-state index contributed by atoms with van der Waals surface area (Å²) in [7, 11) is 0. The molecule has 3 aromatic rings. The molecule has 1 aromatic heterocycles. The Labute approximate surface area is 249 Å². The smallest absolute Gasteiger partial charge is 0.256 e. The number of carbonyl (C=O) groups is 2. The monoisotopic (exact) mass is 595 g/mol. The molecule has 10 heteroatoms. The Morgan fingerprint density at radius 3 is 2.66 bits per heavy atom. The van der Waals surface area contributed by atoms with E-state index in [1.54, 1.807) is 6.20 Å². The van der Waals surface area contributed by atoms with E-state index in [0.717, 1.165) is 17.3 Å². The molecule has 3 unspecified atom stereocenters. The standard InChI is InChI=1S/C31H32Cl2FN5O2/c1-19-8-6-12-24(39-30(41)22(17-35)28(33)38-25-13-7-11-23(32)27(25)34)26-16-21(14-15-36-26)31(2,18-37-29(19)40)20-9-4-3-5-10-20/h3-5,7,9-11,13-17,19,24H,6,8,12,18,35H2,1-2H3,(H,37,40)(H,39,41). The second-order valence-corrected chi connectivity index (χ2v) is 11.1. The highest BCUT2D eigenvalue weighted by Crippen LogP contribution is 2.34. The van der Waals surface area contributed by atoms with Gasteiger partial charge in [-0.25, -0.2) is 9.38 Å². The summed E-state index contributed by atoms with van der Waals surface area (Å²) in [5.74, 6) is -1.59. The molecule has 3 atom stereocenters. The fourth-order valence-corrected chi connectivity index (χ4v) is 5.28. The fraction of sp³-hybridized carbons (Fsp3) is 0.290. The minimum absolute atomic E-state index is 0.0211. The summed E-state index contributed by atoms with van der Waals surface area (Å²) in [6.45, 7) is 4.37. The largest absolute Gasteiger partial charge is 0.404 e. The van der Waals surface area contributed by atoms with Gasteiger partial charge in [-0.15, -0.1) is 0 Å². The van der Waals surface area contributed by atoms with E-state index in [2.05, 4.69) is 27.5 Å². The Balaban J connectivity index is 1.69. The van der Waals surface area contributed by atoms with Crippen LogP contribution in [0.25, 0.3) is 0 Å². The minimum Gasteiger partial charge on any atom is -0.404 e. The number of fused-ring (bicyclic) bond motifs is 2. The molecule has 4 rings (SSSR count). The van der Waals surface area contributed by atoms with Gasteiger partial charge in [-0.05, 0) is 55.2 Å². The third-order valence-corrected chi connectivity index (χ3v) is 8.05. The first-order valence-corrected chi connectivity index (χ1v) is 14.1. The zero-order valence-corrected chi connectivity index (χ0v) is 24.3. The van der Waals surface area contributed by atoms with Crippen molar-refractivity contribution in [1.82, 2.24) is 15.6 Å². The number of hydrogen-bond acceptors (Lipinski definition) is 5. The van der Waals surface area contributed by atoms with Crippen LogP contribution in [0.15, 0.2) is 83.6 Å². The summed E-state index contributed by atoms with van der Waals surface area (Å²) in [5, 5.41) is 5.71. The summed E-state index contributed by atoms with van der Waals surface area (Å²) < 4.78 is 14.4. The van der Waals surface area contributed by atoms with Gasteiger partial charge in [-0.2, -0.15) is 0 Å². The maximum absolute atomic E-state index is 14.4. The molecule has 7 nitrogen and oxygen atoms in total. The van der Waals surface area contributed by atoms with Crippen molar-refractivity contribution in [2.24, 2.45) is 16.6 Å². The molecular formula is C31H32Cl2FN5O2. The number of aromatic nitrogens is 1. The first-order valence-electron chi connectivity index (χ1n) is 13.3. The number of carbonyl (C=O) groups excluding carboxylic acids is 2. The normalized spacial score (nSPS) is 22.2. The van der Waals surface area contributed by atoms with E-state index in [-0.39, 0.29) is 33.3 Å². The summed E-state index contributed by atoms with van der Waals surface area (Å²) in [6.07, 6.45) is 4.52. The molecule has 214 valence electrons. The molecule has 0 saturated carbocycles. The summed E-state index contributed by atoms with van der Waals surface area (Å²) >= 11 is 12.2. The number of hydrogen-bond donors (Lipinski definition) is 3. The number of nitrogens with zero attached hydrogens (tertiary/aromatic N) is 2. The first-order chi connectivity index (χ1) is 19.6. The van der Waals surface area contributed by atoms with E-state index in [4.69, 9.17) is 28.9 Å². The van der Waals surface area contributed by atoms with Crippen molar-refractivity contribution in [3.8, 4) is 0 Å². The predicted octanol–water partition coefficient (Wildman–Crippen LogP) is 6.09. The Kier molecular flexibility index (Phi) is 9.78. The number of nitrogens with one attached hydrogen (secondary N) is 2. The Bertz CT molecular complexity index is 1480. The Morgan fingerprint density at radius 1 is 1.17 bits per heavy atom. The average Bonchev–Trinajstić information content (AvgIpc) is 2.98. The minimum atomic E-state index is -0.760. The van der Waals surface area contributed by atoms with Gasteiger partial charge in [-0.1, -0.05) is 72.9 Å². The third-order valence-electron chi connectivity index (χ3n) is 7.47. The molecule has 0 spiro atoms. The van der Waals surface area contributed by atoms with Crippen LogP contribution in [0.4, 0.5) is 10.1 Å². The highest BCUT2D eigenvalue weighted by Gasteiger charge is 2.32. The molecule has 1 aliphatic heterocycles. The van der Waals surface area contributed by atoms with Gasteiger partial charge < -0.3 is 16.4 Å². The van der Waals surface area contributed by atoms with Crippen LogP contribution in [0.5, 0.6) is 0 Å². The molecule has 0 aliphatic carbocycles. The van der Waals surface area contributed by atoms with Gasteiger partial charge in [0.05, 0.1) is 22.3 Å². The number of rotatable bonds is 5. The van der Waals surface area contributed by atoms with Crippen molar-refractivity contribution >= 4 is 45.9 Å². The van der Waals surface area contributed by atoms with Gasteiger partial charge in [0.1, 0.15) is 10.9 Å². The van der Waals surface area contributed by atoms with Crippen molar-refractivity contribution in [2.75, 3.05) is 6.54 Å². The number of halogens is 3. The number of nitrogens with two attached hydrogens (primary N) is 1. The summed E-state index contributed by atoms with van der Waals surface area (Å²) in [5.41, 5.74) is 7.59. The number of aliphatic imine (C=N–C) groups is 1. The van der Waals surface area contributed by atoms with E-state index in [9.17, 15) is 14.0 Å². The fourth-order valence-electron chi connectivity index (χ4n) is 4.87. The zero-order valence-electron chi connectivity index (χ0n) is 22.8. The van der Waals surface area contributed by atoms with E-state index in [0.29, 0.717) is 31.5 Å². The lowest BCUT2D eigenvalue weighted by Crippen LogP contribution is -2.42. The maximum Gasteiger partial charge on any atom is 0.256 e. The van der Waals surface area contributed by atoms with Crippen LogP contribution in [0.2, 0.25) is 5.02 Å². The van der Waals surface area contributed by atoms with Crippen LogP contribution in [0.1, 0.15) is 56.0 Å². The lowest BCUT2D eigenvalue weighted by atomic mass is 9.75. The lowest BCUT2D eigenvalue weighted by molar-refractivity contribution is -0.125. The van der Waals surface area contributed by atoms with E-state index >= 15 is 0 Å². The Hall–Kier alpha value is -3.75. The van der Waals surface area contributed by atoms with Crippen LogP contribution < -0.4 is 16.4 Å². The van der Waals surface area contributed by atoms with Gasteiger partial charge in [0, 0.05) is 30.3 Å². The van der Waals surface area contributed by atoms with E-state index < -0.39 is 23.2 Å². The van der Waals surface area contributed by atoms with Crippen LogP contribution in [0.3, 0.4) is 0 Å². The molecule has 2 heterocycles. The van der Waals surface area contributed by atoms with E-state index in [1.807, 2.05) is 49.4 Å². The first kappa shape index (κ1) is 30.2. The second-order valence-electron chi connectivity index (χ2n) is 10.3. The second kappa shape index (κ2) is 13.3. The predicted molar refractivity (Wildman–Crippen MR) is 161 cm³/mol. The van der Waals surface area contributed by atoms with Crippen LogP contribution in [-0.2, 0) is 15.0 Å². The summed E-state index contributed by atoms with van der Waals surface area (Å²) in [6, 6.07) is 17.6. The van der Waals surface area contributed by atoms with Crippen molar-refractivity contribution in [3.63, 3.8) is 0 Å². The van der Waals surface area contributed by atoms with Crippen molar-refractivity contribution in [3.05, 3.63) is 106 Å². The molecule has 2 aromatic carbocycles. The number of pyridine rings is 1. The number of benzene rings is 2. The highest BCUT2D eigenvalue weighted by atomic mass is 35.5.